The molecule has 6 rings (SSSR count). The first-order chi connectivity index (χ1) is 20.6. The lowest BCUT2D eigenvalue weighted by molar-refractivity contribution is 0.0995. The minimum atomic E-state index is -0.572. The van der Waals surface area contributed by atoms with Crippen LogP contribution < -0.4 is 0 Å². The molecule has 2 atom stereocenters. The summed E-state index contributed by atoms with van der Waals surface area (Å²) in [5.74, 6) is -3.26. The van der Waals surface area contributed by atoms with Crippen molar-refractivity contribution in [2.24, 2.45) is 0 Å². The van der Waals surface area contributed by atoms with Gasteiger partial charge in [0.1, 0.15) is 11.5 Å². The molecule has 0 aliphatic heterocycles. The molecule has 44 heavy (non-hydrogen) atoms. The number of aromatic hydroxyl groups is 2. The van der Waals surface area contributed by atoms with Gasteiger partial charge in [-0.15, -0.1) is 0 Å². The average Bonchev–Trinajstić information content (AvgIpc) is 2.91. The molecule has 0 fully saturated rings. The maximum atomic E-state index is 14.2. The second-order valence-electron chi connectivity index (χ2n) is 12.5. The fourth-order valence-corrected chi connectivity index (χ4v) is 7.42. The van der Waals surface area contributed by atoms with Crippen molar-refractivity contribution in [3.05, 3.63) is 125 Å². The van der Waals surface area contributed by atoms with E-state index in [1.54, 1.807) is 26.0 Å². The molecule has 2 unspecified atom stereocenters. The van der Waals surface area contributed by atoms with Gasteiger partial charge in [-0.25, -0.2) is 0 Å². The number of phenols is 2. The Balaban J connectivity index is 1.81. The van der Waals surface area contributed by atoms with Gasteiger partial charge >= 0.3 is 0 Å². The summed E-state index contributed by atoms with van der Waals surface area (Å²) in [6.07, 6.45) is 0. The van der Waals surface area contributed by atoms with Crippen LogP contribution in [0.2, 0.25) is 0 Å². The van der Waals surface area contributed by atoms with Crippen molar-refractivity contribution in [1.29, 1.82) is 0 Å². The molecular weight excluding hydrogens is 552 g/mol. The molecule has 6 nitrogen and oxygen atoms in total. The molecule has 4 aromatic rings. The van der Waals surface area contributed by atoms with Crippen molar-refractivity contribution in [1.82, 2.24) is 0 Å². The van der Waals surface area contributed by atoms with E-state index >= 15 is 0 Å². The fraction of sp³-hybridized carbons (Fsp3) is 0.263. The zero-order valence-electron chi connectivity index (χ0n) is 26.1. The number of phenolic OH excluding ortho intramolecular Hbond substituents is 2. The van der Waals surface area contributed by atoms with Gasteiger partial charge in [-0.3, -0.25) is 19.2 Å². The van der Waals surface area contributed by atoms with Gasteiger partial charge in [-0.2, -0.15) is 0 Å². The van der Waals surface area contributed by atoms with E-state index in [9.17, 15) is 29.4 Å². The predicted octanol–water partition coefficient (Wildman–Crippen LogP) is 7.41. The van der Waals surface area contributed by atoms with Gasteiger partial charge in [0.05, 0.1) is 22.3 Å². The van der Waals surface area contributed by atoms with E-state index in [2.05, 4.69) is 0 Å². The maximum absolute atomic E-state index is 14.2. The molecular formula is C38H34O6. The van der Waals surface area contributed by atoms with Crippen molar-refractivity contribution < 1.29 is 29.4 Å². The van der Waals surface area contributed by atoms with E-state index in [1.807, 2.05) is 52.0 Å². The number of carbonyl (C=O) groups is 4. The summed E-state index contributed by atoms with van der Waals surface area (Å²) in [4.78, 5) is 53.6. The molecule has 0 radical (unpaired) electrons. The third-order valence-corrected chi connectivity index (χ3v) is 9.71. The number of fused-ring (bicyclic) bond motifs is 4. The molecule has 0 bridgehead atoms. The minimum absolute atomic E-state index is 0.0756. The Kier molecular flexibility index (Phi) is 6.54. The lowest BCUT2D eigenvalue weighted by atomic mass is 9.62. The van der Waals surface area contributed by atoms with Crippen LogP contribution in [0.25, 0.3) is 0 Å². The number of carbonyl (C=O) groups excluding carboxylic acids is 4. The first-order valence-corrected chi connectivity index (χ1v) is 14.7. The molecule has 2 aliphatic rings. The zero-order valence-corrected chi connectivity index (χ0v) is 26.1. The molecule has 6 heteroatoms. The van der Waals surface area contributed by atoms with E-state index in [0.717, 1.165) is 33.4 Å². The maximum Gasteiger partial charge on any atom is 0.197 e. The molecule has 0 spiro atoms. The van der Waals surface area contributed by atoms with Crippen LogP contribution in [0.5, 0.6) is 11.5 Å². The first-order valence-electron chi connectivity index (χ1n) is 14.7. The number of Topliss-reactive ketones (excluding diaryl/α,β-unsaturated/α-hetero) is 2. The molecule has 222 valence electrons. The molecule has 4 aromatic carbocycles. The second-order valence-corrected chi connectivity index (χ2v) is 12.5. The standard InChI is InChI=1S/C38H34O6/c1-15-9-23-25(11-17(15)3)35(41)33-27(13-19(5)29(21(7)39)37(33)43)31(23)32-24-10-16(2)18(4)12-26(24)36(42)34-28(32)14-20(6)30(22(8)40)38(34)44/h9-14,31-32,43-44H,1-8H3. The number of ketones is 4. The van der Waals surface area contributed by atoms with Gasteiger partial charge in [0.15, 0.2) is 23.1 Å². The van der Waals surface area contributed by atoms with E-state index in [1.165, 1.54) is 13.8 Å². The van der Waals surface area contributed by atoms with Crippen molar-refractivity contribution in [3.63, 3.8) is 0 Å². The summed E-state index contributed by atoms with van der Waals surface area (Å²) in [7, 11) is 0. The van der Waals surface area contributed by atoms with E-state index < -0.39 is 11.8 Å². The molecule has 2 N–H and O–H groups in total. The van der Waals surface area contributed by atoms with E-state index in [-0.39, 0.29) is 56.9 Å². The Morgan fingerprint density at radius 3 is 1.11 bits per heavy atom. The fourth-order valence-electron chi connectivity index (χ4n) is 7.42. The second kappa shape index (κ2) is 9.84. The van der Waals surface area contributed by atoms with Crippen molar-refractivity contribution in [2.45, 2.75) is 67.2 Å². The Hall–Kier alpha value is -4.84. The predicted molar refractivity (Wildman–Crippen MR) is 168 cm³/mol. The van der Waals surface area contributed by atoms with Gasteiger partial charge in [-0.1, -0.05) is 24.3 Å². The van der Waals surface area contributed by atoms with Gasteiger partial charge in [-0.05, 0) is 123 Å². The Bertz CT molecular complexity index is 1900. The molecule has 0 aromatic heterocycles. The highest BCUT2D eigenvalue weighted by molar-refractivity contribution is 6.18. The van der Waals surface area contributed by atoms with Crippen LogP contribution in [0.4, 0.5) is 0 Å². The lowest BCUT2D eigenvalue weighted by Crippen LogP contribution is -2.30. The highest BCUT2D eigenvalue weighted by Crippen LogP contribution is 2.55. The Morgan fingerprint density at radius 1 is 0.500 bits per heavy atom. The molecule has 0 saturated carbocycles. The van der Waals surface area contributed by atoms with Crippen LogP contribution in [-0.4, -0.2) is 33.3 Å². The van der Waals surface area contributed by atoms with Crippen LogP contribution in [0.1, 0.15) is 134 Å². The lowest BCUT2D eigenvalue weighted by Gasteiger charge is -2.39. The average molecular weight is 587 g/mol. The van der Waals surface area contributed by atoms with Gasteiger partial charge in [0.2, 0.25) is 0 Å². The summed E-state index contributed by atoms with van der Waals surface area (Å²) in [5, 5.41) is 23.1. The SMILES string of the molecule is CC(=O)c1c(C)cc2c(c1O)C(=O)c1cc(C)c(C)cc1C2C1c2cc(C)c(C)cc2C(=O)c2c1cc(C)c(C(C)=O)c2O. The molecule has 0 amide bonds. The highest BCUT2D eigenvalue weighted by Gasteiger charge is 2.45. The topological polar surface area (TPSA) is 109 Å². The first kappa shape index (κ1) is 29.2. The van der Waals surface area contributed by atoms with Gasteiger partial charge < -0.3 is 10.2 Å². The summed E-state index contributed by atoms with van der Waals surface area (Å²) in [5.41, 5.74) is 8.62. The molecule has 0 heterocycles. The number of rotatable bonds is 3. The minimum Gasteiger partial charge on any atom is -0.506 e. The van der Waals surface area contributed by atoms with Crippen LogP contribution in [-0.2, 0) is 0 Å². The number of hydrogen-bond acceptors (Lipinski definition) is 6. The highest BCUT2D eigenvalue weighted by atomic mass is 16.3. The Morgan fingerprint density at radius 2 is 0.795 bits per heavy atom. The van der Waals surface area contributed by atoms with Crippen LogP contribution in [0.15, 0.2) is 36.4 Å². The Labute approximate surface area is 256 Å². The quantitative estimate of drug-likeness (QED) is 0.242. The van der Waals surface area contributed by atoms with Crippen molar-refractivity contribution in [3.8, 4) is 11.5 Å². The molecule has 0 saturated heterocycles. The number of benzene rings is 4. The largest absolute Gasteiger partial charge is 0.506 e. The van der Waals surface area contributed by atoms with E-state index in [0.29, 0.717) is 33.4 Å². The summed E-state index contributed by atoms with van der Waals surface area (Å²) in [6.45, 7) is 14.0. The van der Waals surface area contributed by atoms with Gasteiger partial charge in [0.25, 0.3) is 0 Å². The van der Waals surface area contributed by atoms with Gasteiger partial charge in [0, 0.05) is 23.0 Å². The number of aryl methyl sites for hydroxylation is 6. The van der Waals surface area contributed by atoms with Crippen molar-refractivity contribution in [2.75, 3.05) is 0 Å². The third-order valence-electron chi connectivity index (χ3n) is 9.71. The van der Waals surface area contributed by atoms with Crippen molar-refractivity contribution >= 4 is 23.1 Å². The smallest absolute Gasteiger partial charge is 0.197 e. The van der Waals surface area contributed by atoms with Crippen LogP contribution in [0.3, 0.4) is 0 Å². The van der Waals surface area contributed by atoms with Crippen LogP contribution >= 0.6 is 0 Å². The van der Waals surface area contributed by atoms with E-state index in [4.69, 9.17) is 0 Å². The third kappa shape index (κ3) is 3.93. The number of hydrogen-bond donors (Lipinski definition) is 2. The molecule has 2 aliphatic carbocycles. The normalized spacial score (nSPS) is 16.6. The zero-order chi connectivity index (χ0) is 32.1. The van der Waals surface area contributed by atoms with Crippen LogP contribution in [0, 0.1) is 41.5 Å². The monoisotopic (exact) mass is 586 g/mol. The summed E-state index contributed by atoms with van der Waals surface area (Å²) in [6, 6.07) is 11.3. The summed E-state index contributed by atoms with van der Waals surface area (Å²) >= 11 is 0. The summed E-state index contributed by atoms with van der Waals surface area (Å²) < 4.78 is 0.